The summed E-state index contributed by atoms with van der Waals surface area (Å²) in [6.45, 7) is 0. The van der Waals surface area contributed by atoms with E-state index in [0.717, 1.165) is 33.3 Å². The summed E-state index contributed by atoms with van der Waals surface area (Å²) in [6, 6.07) is 56.5. The Balaban J connectivity index is 1.30. The number of nitrogens with zero attached hydrogens (tertiary/aromatic N) is 2. The summed E-state index contributed by atoms with van der Waals surface area (Å²) in [5.74, 6) is 0. The molecule has 3 heterocycles. The SMILES string of the molecule is c1ccc(-c2cccc(-n3c4ccccc4c4c5c6ccccc6n(-c6ccc7oc8ccccc8c7c6)c5ccc43)c2)cc1. The van der Waals surface area contributed by atoms with Crippen molar-refractivity contribution in [2.45, 2.75) is 0 Å². The van der Waals surface area contributed by atoms with Gasteiger partial charge in [0, 0.05) is 43.7 Å². The molecule has 0 radical (unpaired) electrons. The van der Waals surface area contributed by atoms with Crippen molar-refractivity contribution in [3.05, 3.63) is 158 Å². The van der Waals surface area contributed by atoms with E-state index in [1.54, 1.807) is 0 Å². The Morgan fingerprint density at radius 3 is 1.60 bits per heavy atom. The largest absolute Gasteiger partial charge is 0.456 e. The molecule has 0 aliphatic heterocycles. The van der Waals surface area contributed by atoms with Crippen LogP contribution in [0.25, 0.3) is 88.1 Å². The quantitative estimate of drug-likeness (QED) is 0.206. The van der Waals surface area contributed by atoms with Crippen molar-refractivity contribution in [3.63, 3.8) is 0 Å². The van der Waals surface area contributed by atoms with Gasteiger partial charge < -0.3 is 13.6 Å². The van der Waals surface area contributed by atoms with E-state index in [9.17, 15) is 0 Å². The molecule has 45 heavy (non-hydrogen) atoms. The topological polar surface area (TPSA) is 23.0 Å². The van der Waals surface area contributed by atoms with Crippen LogP contribution < -0.4 is 0 Å². The van der Waals surface area contributed by atoms with Gasteiger partial charge in [0.05, 0.1) is 22.1 Å². The van der Waals surface area contributed by atoms with E-state index in [0.29, 0.717) is 0 Å². The maximum absolute atomic E-state index is 6.17. The molecule has 3 heteroatoms. The van der Waals surface area contributed by atoms with Gasteiger partial charge in [0.2, 0.25) is 0 Å². The van der Waals surface area contributed by atoms with Crippen LogP contribution in [0.5, 0.6) is 0 Å². The molecule has 0 bridgehead atoms. The summed E-state index contributed by atoms with van der Waals surface area (Å²) < 4.78 is 11.0. The minimum atomic E-state index is 0.906. The first-order valence-electron chi connectivity index (χ1n) is 15.4. The summed E-state index contributed by atoms with van der Waals surface area (Å²) in [4.78, 5) is 0. The molecule has 0 fully saturated rings. The molecule has 210 valence electrons. The van der Waals surface area contributed by atoms with Crippen molar-refractivity contribution in [1.29, 1.82) is 0 Å². The van der Waals surface area contributed by atoms with Gasteiger partial charge in [-0.2, -0.15) is 0 Å². The van der Waals surface area contributed by atoms with Crippen LogP contribution in [0.4, 0.5) is 0 Å². The molecule has 10 rings (SSSR count). The van der Waals surface area contributed by atoms with Crippen molar-refractivity contribution >= 4 is 65.6 Å². The van der Waals surface area contributed by atoms with E-state index in [1.165, 1.54) is 54.7 Å². The fourth-order valence-electron chi connectivity index (χ4n) is 7.38. The molecule has 0 unspecified atom stereocenters. The molecule has 0 saturated heterocycles. The summed E-state index contributed by atoms with van der Waals surface area (Å²) >= 11 is 0. The zero-order chi connectivity index (χ0) is 29.5. The van der Waals surface area contributed by atoms with Crippen LogP contribution in [-0.4, -0.2) is 9.13 Å². The van der Waals surface area contributed by atoms with Gasteiger partial charge in [-0.15, -0.1) is 0 Å². The third kappa shape index (κ3) is 3.46. The molecular weight excluding hydrogens is 548 g/mol. The minimum absolute atomic E-state index is 0.906. The van der Waals surface area contributed by atoms with Gasteiger partial charge in [-0.05, 0) is 71.8 Å². The molecule has 3 nitrogen and oxygen atoms in total. The number of rotatable bonds is 3. The van der Waals surface area contributed by atoms with Gasteiger partial charge in [0.1, 0.15) is 11.2 Å². The van der Waals surface area contributed by atoms with Gasteiger partial charge >= 0.3 is 0 Å². The first-order chi connectivity index (χ1) is 22.3. The highest BCUT2D eigenvalue weighted by atomic mass is 16.3. The third-order valence-corrected chi connectivity index (χ3v) is 9.30. The van der Waals surface area contributed by atoms with Crippen LogP contribution in [0.2, 0.25) is 0 Å². The molecule has 0 atom stereocenters. The zero-order valence-electron chi connectivity index (χ0n) is 24.3. The average molecular weight is 575 g/mol. The van der Waals surface area contributed by atoms with Gasteiger partial charge in [-0.1, -0.05) is 97.1 Å². The van der Waals surface area contributed by atoms with Gasteiger partial charge in [-0.3, -0.25) is 0 Å². The van der Waals surface area contributed by atoms with Crippen LogP contribution in [0.3, 0.4) is 0 Å². The predicted octanol–water partition coefficient (Wildman–Crippen LogP) is 11.4. The fraction of sp³-hybridized carbons (Fsp3) is 0. The first kappa shape index (κ1) is 24.4. The maximum Gasteiger partial charge on any atom is 0.135 e. The van der Waals surface area contributed by atoms with Crippen LogP contribution in [-0.2, 0) is 0 Å². The van der Waals surface area contributed by atoms with Crippen LogP contribution in [0, 0.1) is 0 Å². The highest BCUT2D eigenvalue weighted by Crippen LogP contribution is 2.43. The van der Waals surface area contributed by atoms with Crippen LogP contribution in [0.15, 0.2) is 162 Å². The van der Waals surface area contributed by atoms with Gasteiger partial charge in [-0.25, -0.2) is 0 Å². The number of fused-ring (bicyclic) bond motifs is 10. The molecule has 10 aromatic rings. The maximum atomic E-state index is 6.17. The number of aromatic nitrogens is 2. The van der Waals surface area contributed by atoms with Crippen LogP contribution >= 0.6 is 0 Å². The molecule has 0 amide bonds. The number of benzene rings is 7. The monoisotopic (exact) mass is 574 g/mol. The lowest BCUT2D eigenvalue weighted by molar-refractivity contribution is 0.669. The first-order valence-corrected chi connectivity index (χ1v) is 15.4. The van der Waals surface area contributed by atoms with Crippen molar-refractivity contribution < 1.29 is 4.42 Å². The van der Waals surface area contributed by atoms with Crippen molar-refractivity contribution in [2.24, 2.45) is 0 Å². The standard InChI is InChI=1S/C42H26N2O/c1-2-11-27(12-3-1)28-13-10-14-29(25-28)43-35-18-7-4-16-32(35)41-37(43)22-23-38-42(41)33-17-5-8-19-36(33)44(38)30-21-24-40-34(26-30)31-15-6-9-20-39(31)45-40/h1-26H. The Morgan fingerprint density at radius 1 is 0.333 bits per heavy atom. The minimum Gasteiger partial charge on any atom is -0.456 e. The van der Waals surface area contributed by atoms with Crippen LogP contribution in [0.1, 0.15) is 0 Å². The van der Waals surface area contributed by atoms with Gasteiger partial charge in [0.25, 0.3) is 0 Å². The number of hydrogen-bond donors (Lipinski definition) is 0. The summed E-state index contributed by atoms with van der Waals surface area (Å²) in [5.41, 5.74) is 11.3. The van der Waals surface area contributed by atoms with Crippen molar-refractivity contribution in [2.75, 3.05) is 0 Å². The molecule has 0 spiro atoms. The molecule has 0 aliphatic carbocycles. The number of para-hydroxylation sites is 3. The average Bonchev–Trinajstić information content (AvgIpc) is 3.76. The highest BCUT2D eigenvalue weighted by molar-refractivity contribution is 6.29. The third-order valence-electron chi connectivity index (χ3n) is 9.30. The zero-order valence-corrected chi connectivity index (χ0v) is 24.3. The molecular formula is C42H26N2O. The smallest absolute Gasteiger partial charge is 0.135 e. The van der Waals surface area contributed by atoms with E-state index in [1.807, 2.05) is 12.1 Å². The molecule has 7 aromatic carbocycles. The number of hydrogen-bond acceptors (Lipinski definition) is 1. The van der Waals surface area contributed by atoms with E-state index >= 15 is 0 Å². The highest BCUT2D eigenvalue weighted by Gasteiger charge is 2.21. The molecule has 0 saturated carbocycles. The Morgan fingerprint density at radius 2 is 0.889 bits per heavy atom. The van der Waals surface area contributed by atoms with E-state index in [-0.39, 0.29) is 0 Å². The predicted molar refractivity (Wildman–Crippen MR) is 188 cm³/mol. The number of furan rings is 1. The lowest BCUT2D eigenvalue weighted by Crippen LogP contribution is -1.95. The Bertz CT molecular complexity index is 2760. The second-order valence-corrected chi connectivity index (χ2v) is 11.8. The fourth-order valence-corrected chi connectivity index (χ4v) is 7.38. The van der Waals surface area contributed by atoms with E-state index in [2.05, 4.69) is 155 Å². The molecule has 3 aromatic heterocycles. The summed E-state index contributed by atoms with van der Waals surface area (Å²) in [5, 5.41) is 7.31. The summed E-state index contributed by atoms with van der Waals surface area (Å²) in [7, 11) is 0. The second kappa shape index (κ2) is 9.22. The van der Waals surface area contributed by atoms with E-state index < -0.39 is 0 Å². The lowest BCUT2D eigenvalue weighted by atomic mass is 10.0. The Kier molecular flexibility index (Phi) is 5.00. The van der Waals surface area contributed by atoms with E-state index in [4.69, 9.17) is 4.42 Å². The molecule has 0 N–H and O–H groups in total. The normalized spacial score (nSPS) is 12.0. The Labute approximate surface area is 258 Å². The van der Waals surface area contributed by atoms with Crippen molar-refractivity contribution in [1.82, 2.24) is 9.13 Å². The Hall–Kier alpha value is -6.06. The molecule has 0 aliphatic rings. The van der Waals surface area contributed by atoms with Crippen molar-refractivity contribution in [3.8, 4) is 22.5 Å². The second-order valence-electron chi connectivity index (χ2n) is 11.8. The summed E-state index contributed by atoms with van der Waals surface area (Å²) in [6.07, 6.45) is 0. The lowest BCUT2D eigenvalue weighted by Gasteiger charge is -2.11. The van der Waals surface area contributed by atoms with Gasteiger partial charge in [0.15, 0.2) is 0 Å².